The second-order valence-electron chi connectivity index (χ2n) is 4.43. The van der Waals surface area contributed by atoms with E-state index in [0.717, 1.165) is 10.6 Å². The standard InChI is InChI=1S/C14H16N2O3S/c1-16(6-7-17)9-12-10(14(18)19)4-5-11(15-12)13-3-2-8-20-13/h2-5,8,17H,6-7,9H2,1H3,(H,18,19). The second kappa shape index (κ2) is 6.60. The van der Waals surface area contributed by atoms with Crippen LogP contribution in [0.5, 0.6) is 0 Å². The fourth-order valence-electron chi connectivity index (χ4n) is 1.88. The van der Waals surface area contributed by atoms with Gasteiger partial charge in [0.15, 0.2) is 0 Å². The number of thiophene rings is 1. The van der Waals surface area contributed by atoms with Crippen molar-refractivity contribution < 1.29 is 15.0 Å². The summed E-state index contributed by atoms with van der Waals surface area (Å²) in [6, 6.07) is 7.20. The number of likely N-dealkylation sites (N-methyl/N-ethyl adjacent to an activating group) is 1. The van der Waals surface area contributed by atoms with Crippen LogP contribution in [0.3, 0.4) is 0 Å². The van der Waals surface area contributed by atoms with E-state index in [9.17, 15) is 9.90 Å². The second-order valence-corrected chi connectivity index (χ2v) is 5.38. The summed E-state index contributed by atoms with van der Waals surface area (Å²) in [5, 5.41) is 20.1. The van der Waals surface area contributed by atoms with Crippen molar-refractivity contribution in [3.05, 3.63) is 40.9 Å². The molecular formula is C14H16N2O3S. The van der Waals surface area contributed by atoms with Crippen molar-refractivity contribution in [2.24, 2.45) is 0 Å². The summed E-state index contributed by atoms with van der Waals surface area (Å²) in [4.78, 5) is 18.6. The Hall–Kier alpha value is -1.76. The first-order valence-corrected chi connectivity index (χ1v) is 7.06. The van der Waals surface area contributed by atoms with Gasteiger partial charge in [-0.1, -0.05) is 6.07 Å². The highest BCUT2D eigenvalue weighted by Crippen LogP contribution is 2.24. The van der Waals surface area contributed by atoms with Crippen molar-refractivity contribution in [1.29, 1.82) is 0 Å². The quantitative estimate of drug-likeness (QED) is 0.851. The lowest BCUT2D eigenvalue weighted by molar-refractivity contribution is 0.0694. The number of nitrogens with zero attached hydrogens (tertiary/aromatic N) is 2. The molecule has 0 aliphatic carbocycles. The van der Waals surface area contributed by atoms with Crippen LogP contribution in [0, 0.1) is 0 Å². The van der Waals surface area contributed by atoms with Crippen molar-refractivity contribution in [2.45, 2.75) is 6.54 Å². The zero-order chi connectivity index (χ0) is 14.5. The Kier molecular flexibility index (Phi) is 4.84. The summed E-state index contributed by atoms with van der Waals surface area (Å²) in [6.45, 7) is 0.898. The number of aromatic carboxylic acids is 1. The summed E-state index contributed by atoms with van der Waals surface area (Å²) in [5.74, 6) is -0.984. The van der Waals surface area contributed by atoms with Crippen LogP contribution in [-0.2, 0) is 6.54 Å². The maximum absolute atomic E-state index is 11.3. The van der Waals surface area contributed by atoms with Gasteiger partial charge in [-0.25, -0.2) is 9.78 Å². The van der Waals surface area contributed by atoms with Crippen molar-refractivity contribution in [3.8, 4) is 10.6 Å². The first kappa shape index (κ1) is 14.6. The molecule has 5 nitrogen and oxygen atoms in total. The molecule has 20 heavy (non-hydrogen) atoms. The zero-order valence-electron chi connectivity index (χ0n) is 11.1. The minimum absolute atomic E-state index is 0.0313. The predicted molar refractivity (Wildman–Crippen MR) is 77.9 cm³/mol. The molecule has 106 valence electrons. The van der Waals surface area contributed by atoms with Crippen molar-refractivity contribution in [1.82, 2.24) is 9.88 Å². The average Bonchev–Trinajstić information content (AvgIpc) is 2.92. The predicted octanol–water partition coefficient (Wildman–Crippen LogP) is 1.93. The lowest BCUT2D eigenvalue weighted by atomic mass is 10.1. The Morgan fingerprint density at radius 1 is 1.40 bits per heavy atom. The summed E-state index contributed by atoms with van der Waals surface area (Å²) < 4.78 is 0. The molecule has 0 saturated heterocycles. The highest BCUT2D eigenvalue weighted by molar-refractivity contribution is 7.13. The van der Waals surface area contributed by atoms with E-state index in [1.165, 1.54) is 0 Å². The van der Waals surface area contributed by atoms with Crippen molar-refractivity contribution in [3.63, 3.8) is 0 Å². The number of carboxylic acid groups (broad SMARTS) is 1. The fraction of sp³-hybridized carbons (Fsp3) is 0.286. The van der Waals surface area contributed by atoms with E-state index in [1.54, 1.807) is 23.5 Å². The molecular weight excluding hydrogens is 276 g/mol. The lowest BCUT2D eigenvalue weighted by Crippen LogP contribution is -2.23. The van der Waals surface area contributed by atoms with E-state index in [2.05, 4.69) is 4.98 Å². The highest BCUT2D eigenvalue weighted by atomic mass is 32.1. The molecule has 0 fully saturated rings. The molecule has 2 rings (SSSR count). The molecule has 0 atom stereocenters. The third kappa shape index (κ3) is 3.41. The summed E-state index contributed by atoms with van der Waals surface area (Å²) in [5.41, 5.74) is 1.49. The van der Waals surface area contributed by atoms with Crippen molar-refractivity contribution >= 4 is 17.3 Å². The van der Waals surface area contributed by atoms with Crippen LogP contribution < -0.4 is 0 Å². The monoisotopic (exact) mass is 292 g/mol. The van der Waals surface area contributed by atoms with Crippen LogP contribution in [0.15, 0.2) is 29.6 Å². The minimum atomic E-state index is -0.984. The minimum Gasteiger partial charge on any atom is -0.478 e. The van der Waals surface area contributed by atoms with Crippen LogP contribution >= 0.6 is 11.3 Å². The summed E-state index contributed by atoms with van der Waals surface area (Å²) in [6.07, 6.45) is 0. The summed E-state index contributed by atoms with van der Waals surface area (Å²) >= 11 is 1.56. The average molecular weight is 292 g/mol. The van der Waals surface area contributed by atoms with E-state index in [-0.39, 0.29) is 12.2 Å². The van der Waals surface area contributed by atoms with Gasteiger partial charge in [0.05, 0.1) is 28.4 Å². The van der Waals surface area contributed by atoms with Crippen LogP contribution in [0.25, 0.3) is 10.6 Å². The molecule has 0 unspecified atom stereocenters. The third-order valence-corrected chi connectivity index (χ3v) is 3.77. The smallest absolute Gasteiger partial charge is 0.337 e. The fourth-order valence-corrected chi connectivity index (χ4v) is 2.58. The molecule has 2 heterocycles. The number of aromatic nitrogens is 1. The molecule has 0 aromatic carbocycles. The number of aliphatic hydroxyl groups excluding tert-OH is 1. The molecule has 0 amide bonds. The normalized spacial score (nSPS) is 10.9. The molecule has 0 aliphatic rings. The number of pyridine rings is 1. The molecule has 6 heteroatoms. The van der Waals surface area contributed by atoms with Crippen molar-refractivity contribution in [2.75, 3.05) is 20.2 Å². The maximum Gasteiger partial charge on any atom is 0.337 e. The van der Waals surface area contributed by atoms with E-state index < -0.39 is 5.97 Å². The van der Waals surface area contributed by atoms with Crippen LogP contribution in [-0.4, -0.2) is 46.3 Å². The van der Waals surface area contributed by atoms with E-state index in [0.29, 0.717) is 18.8 Å². The molecule has 2 aromatic heterocycles. The Morgan fingerprint density at radius 3 is 2.80 bits per heavy atom. The summed E-state index contributed by atoms with van der Waals surface area (Å²) in [7, 11) is 1.82. The van der Waals surface area contributed by atoms with Gasteiger partial charge in [-0.15, -0.1) is 11.3 Å². The van der Waals surface area contributed by atoms with Gasteiger partial charge in [0.25, 0.3) is 0 Å². The maximum atomic E-state index is 11.3. The van der Waals surface area contributed by atoms with Crippen LogP contribution in [0.2, 0.25) is 0 Å². The molecule has 0 spiro atoms. The van der Waals surface area contributed by atoms with E-state index in [4.69, 9.17) is 5.11 Å². The van der Waals surface area contributed by atoms with Gasteiger partial charge in [0.1, 0.15) is 0 Å². The Morgan fingerprint density at radius 2 is 2.20 bits per heavy atom. The topological polar surface area (TPSA) is 73.7 Å². The van der Waals surface area contributed by atoms with Gasteiger partial charge in [0, 0.05) is 13.1 Å². The largest absolute Gasteiger partial charge is 0.478 e. The van der Waals surface area contributed by atoms with Gasteiger partial charge in [-0.2, -0.15) is 0 Å². The molecule has 2 aromatic rings. The molecule has 0 bridgehead atoms. The Bertz CT molecular complexity index is 584. The number of rotatable bonds is 6. The third-order valence-electron chi connectivity index (χ3n) is 2.88. The van der Waals surface area contributed by atoms with Gasteiger partial charge >= 0.3 is 5.97 Å². The van der Waals surface area contributed by atoms with Crippen LogP contribution in [0.4, 0.5) is 0 Å². The van der Waals surface area contributed by atoms with Gasteiger partial charge in [0.2, 0.25) is 0 Å². The molecule has 2 N–H and O–H groups in total. The van der Waals surface area contributed by atoms with E-state index >= 15 is 0 Å². The first-order valence-electron chi connectivity index (χ1n) is 6.18. The van der Waals surface area contributed by atoms with Gasteiger partial charge < -0.3 is 10.2 Å². The Labute approximate surface area is 121 Å². The lowest BCUT2D eigenvalue weighted by Gasteiger charge is -2.16. The highest BCUT2D eigenvalue weighted by Gasteiger charge is 2.15. The molecule has 0 saturated carbocycles. The van der Waals surface area contributed by atoms with Crippen LogP contribution in [0.1, 0.15) is 16.1 Å². The van der Waals surface area contributed by atoms with E-state index in [1.807, 2.05) is 29.5 Å². The number of carboxylic acids is 1. The van der Waals surface area contributed by atoms with Gasteiger partial charge in [-0.05, 0) is 30.6 Å². The number of carbonyl (C=O) groups is 1. The number of aliphatic hydroxyl groups is 1. The first-order chi connectivity index (χ1) is 9.61. The molecule has 0 aliphatic heterocycles. The molecule has 0 radical (unpaired) electrons. The number of hydrogen-bond donors (Lipinski definition) is 2. The number of hydrogen-bond acceptors (Lipinski definition) is 5. The van der Waals surface area contributed by atoms with Gasteiger partial charge in [-0.3, -0.25) is 4.90 Å². The zero-order valence-corrected chi connectivity index (χ0v) is 11.9. The Balaban J connectivity index is 2.34. The SMILES string of the molecule is CN(CCO)Cc1nc(-c2cccs2)ccc1C(=O)O.